The summed E-state index contributed by atoms with van der Waals surface area (Å²) in [5, 5.41) is 0.411. The molecule has 8 heteroatoms. The molecule has 6 nitrogen and oxygen atoms in total. The number of carbonyl (C=O) groups is 1. The van der Waals surface area contributed by atoms with Crippen LogP contribution in [0, 0.1) is 12.7 Å². The van der Waals surface area contributed by atoms with Gasteiger partial charge in [-0.15, -0.1) is 0 Å². The Labute approximate surface area is 214 Å². The average Bonchev–Trinajstić information content (AvgIpc) is 3.34. The molecule has 2 heterocycles. The zero-order valence-corrected chi connectivity index (χ0v) is 20.9. The number of piperazine rings is 1. The van der Waals surface area contributed by atoms with Crippen LogP contribution in [0.5, 0.6) is 10.9 Å². The zero-order valence-electron chi connectivity index (χ0n) is 20.1. The van der Waals surface area contributed by atoms with Gasteiger partial charge in [-0.05, 0) is 47.9 Å². The summed E-state index contributed by atoms with van der Waals surface area (Å²) in [6, 6.07) is 22.2. The molecular formula is C28H27FN4O2S. The normalized spacial score (nSPS) is 14.1. The van der Waals surface area contributed by atoms with Gasteiger partial charge in [-0.25, -0.2) is 4.39 Å². The second-order valence-electron chi connectivity index (χ2n) is 8.92. The molecule has 0 bridgehead atoms. The van der Waals surface area contributed by atoms with Gasteiger partial charge in [0, 0.05) is 56.2 Å². The fraction of sp³-hybridized carbons (Fsp3) is 0.250. The molecule has 4 aromatic rings. The Balaban J connectivity index is 1.20. The first-order chi connectivity index (χ1) is 17.5. The average molecular weight is 503 g/mol. The van der Waals surface area contributed by atoms with E-state index in [1.807, 2.05) is 30.0 Å². The number of rotatable bonds is 7. The predicted molar refractivity (Wildman–Crippen MR) is 138 cm³/mol. The third kappa shape index (κ3) is 5.95. The molecule has 1 amide bonds. The van der Waals surface area contributed by atoms with Gasteiger partial charge in [-0.2, -0.15) is 9.36 Å². The lowest BCUT2D eigenvalue weighted by molar-refractivity contribution is 0.0628. The molecule has 5 rings (SSSR count). The molecule has 36 heavy (non-hydrogen) atoms. The van der Waals surface area contributed by atoms with Crippen LogP contribution in [0.25, 0.3) is 0 Å². The van der Waals surface area contributed by atoms with Crippen LogP contribution in [0.4, 0.5) is 4.39 Å². The van der Waals surface area contributed by atoms with Crippen molar-refractivity contribution in [2.75, 3.05) is 26.2 Å². The van der Waals surface area contributed by atoms with E-state index in [1.165, 1.54) is 17.7 Å². The second-order valence-corrected chi connectivity index (χ2v) is 9.63. The van der Waals surface area contributed by atoms with Crippen molar-refractivity contribution < 1.29 is 13.9 Å². The maximum Gasteiger partial charge on any atom is 0.298 e. The van der Waals surface area contributed by atoms with Crippen LogP contribution in [-0.2, 0) is 13.0 Å². The number of hydrogen-bond donors (Lipinski definition) is 0. The Morgan fingerprint density at radius 2 is 1.72 bits per heavy atom. The Bertz CT molecular complexity index is 1320. The smallest absolute Gasteiger partial charge is 0.298 e. The maximum atomic E-state index is 13.2. The van der Waals surface area contributed by atoms with Crippen molar-refractivity contribution in [1.82, 2.24) is 19.2 Å². The minimum atomic E-state index is -0.270. The topological polar surface area (TPSA) is 58.6 Å². The Kier molecular flexibility index (Phi) is 7.34. The monoisotopic (exact) mass is 502 g/mol. The predicted octanol–water partition coefficient (Wildman–Crippen LogP) is 5.33. The van der Waals surface area contributed by atoms with E-state index < -0.39 is 0 Å². The molecule has 0 aliphatic carbocycles. The summed E-state index contributed by atoms with van der Waals surface area (Å²) >= 11 is 1.16. The number of nitrogens with zero attached hydrogens (tertiary/aromatic N) is 4. The van der Waals surface area contributed by atoms with Crippen molar-refractivity contribution in [3.63, 3.8) is 0 Å². The minimum absolute atomic E-state index is 0.00785. The van der Waals surface area contributed by atoms with E-state index in [0.717, 1.165) is 42.3 Å². The number of aryl methyl sites for hydroxylation is 1. The van der Waals surface area contributed by atoms with E-state index in [4.69, 9.17) is 4.74 Å². The van der Waals surface area contributed by atoms with Crippen LogP contribution in [0.2, 0.25) is 0 Å². The van der Waals surface area contributed by atoms with Gasteiger partial charge in [-0.1, -0.05) is 48.5 Å². The molecule has 1 aliphatic rings. The van der Waals surface area contributed by atoms with Gasteiger partial charge in [0.2, 0.25) is 0 Å². The van der Waals surface area contributed by atoms with Crippen molar-refractivity contribution in [3.8, 4) is 10.9 Å². The largest absolute Gasteiger partial charge is 0.430 e. The molecule has 1 aliphatic heterocycles. The quantitative estimate of drug-likeness (QED) is 0.342. The first kappa shape index (κ1) is 24.1. The molecule has 0 saturated carbocycles. The Hall–Kier alpha value is -3.62. The highest BCUT2D eigenvalue weighted by Gasteiger charge is 2.23. The zero-order chi connectivity index (χ0) is 24.9. The molecule has 0 atom stereocenters. The van der Waals surface area contributed by atoms with Gasteiger partial charge >= 0.3 is 0 Å². The van der Waals surface area contributed by atoms with E-state index >= 15 is 0 Å². The highest BCUT2D eigenvalue weighted by molar-refractivity contribution is 7.07. The number of halogens is 1. The van der Waals surface area contributed by atoms with Gasteiger partial charge in [0.15, 0.2) is 5.82 Å². The third-order valence-corrected chi connectivity index (χ3v) is 6.90. The lowest BCUT2D eigenvalue weighted by Crippen LogP contribution is -2.48. The highest BCUT2D eigenvalue weighted by Crippen LogP contribution is 2.28. The number of carbonyl (C=O) groups excluding carboxylic acids is 1. The summed E-state index contributed by atoms with van der Waals surface area (Å²) in [6.45, 7) is 5.91. The molecule has 3 aromatic carbocycles. The lowest BCUT2D eigenvalue weighted by Gasteiger charge is -2.34. The molecule has 1 aromatic heterocycles. The van der Waals surface area contributed by atoms with Crippen LogP contribution in [0.3, 0.4) is 0 Å². The molecular weight excluding hydrogens is 475 g/mol. The molecule has 0 unspecified atom stereocenters. The molecule has 0 N–H and O–H groups in total. The summed E-state index contributed by atoms with van der Waals surface area (Å²) < 4.78 is 23.5. The van der Waals surface area contributed by atoms with E-state index in [2.05, 4.69) is 38.5 Å². The van der Waals surface area contributed by atoms with E-state index in [0.29, 0.717) is 41.8 Å². The van der Waals surface area contributed by atoms with Crippen molar-refractivity contribution in [2.24, 2.45) is 0 Å². The number of ether oxygens (including phenoxy) is 1. The molecule has 0 spiro atoms. The van der Waals surface area contributed by atoms with Crippen LogP contribution < -0.4 is 4.74 Å². The van der Waals surface area contributed by atoms with Crippen molar-refractivity contribution in [1.29, 1.82) is 0 Å². The van der Waals surface area contributed by atoms with Crippen LogP contribution in [0.1, 0.15) is 32.9 Å². The van der Waals surface area contributed by atoms with Crippen LogP contribution in [0.15, 0.2) is 72.8 Å². The minimum Gasteiger partial charge on any atom is -0.430 e. The second kappa shape index (κ2) is 11.0. The summed E-state index contributed by atoms with van der Waals surface area (Å²) in [4.78, 5) is 22.0. The fourth-order valence-corrected chi connectivity index (χ4v) is 4.77. The van der Waals surface area contributed by atoms with Gasteiger partial charge in [0.25, 0.3) is 11.1 Å². The van der Waals surface area contributed by atoms with E-state index in [1.54, 1.807) is 18.2 Å². The van der Waals surface area contributed by atoms with Gasteiger partial charge < -0.3 is 9.64 Å². The highest BCUT2D eigenvalue weighted by atomic mass is 32.1. The van der Waals surface area contributed by atoms with Crippen molar-refractivity contribution in [2.45, 2.75) is 19.9 Å². The first-order valence-corrected chi connectivity index (χ1v) is 12.7. The summed E-state index contributed by atoms with van der Waals surface area (Å²) in [5.41, 5.74) is 3.72. The SMILES string of the molecule is Cc1ccc(C(=O)N2CCN(Cc3ccccc3)CC2)cc1Oc1nc(Cc2ccc(F)cc2)ns1. The summed E-state index contributed by atoms with van der Waals surface area (Å²) in [7, 11) is 0. The van der Waals surface area contributed by atoms with Gasteiger partial charge in [-0.3, -0.25) is 9.69 Å². The van der Waals surface area contributed by atoms with Crippen LogP contribution in [-0.4, -0.2) is 51.2 Å². The van der Waals surface area contributed by atoms with Crippen molar-refractivity contribution in [3.05, 3.63) is 107 Å². The van der Waals surface area contributed by atoms with Crippen molar-refractivity contribution >= 4 is 17.4 Å². The molecule has 184 valence electrons. The van der Waals surface area contributed by atoms with E-state index in [-0.39, 0.29) is 11.7 Å². The number of amides is 1. The number of hydrogen-bond acceptors (Lipinski definition) is 6. The van der Waals surface area contributed by atoms with Crippen LogP contribution >= 0.6 is 11.5 Å². The summed E-state index contributed by atoms with van der Waals surface area (Å²) in [6.07, 6.45) is 0.494. The number of benzene rings is 3. The third-order valence-electron chi connectivity index (χ3n) is 6.27. The Morgan fingerprint density at radius 3 is 2.47 bits per heavy atom. The van der Waals surface area contributed by atoms with Gasteiger partial charge in [0.1, 0.15) is 11.6 Å². The fourth-order valence-electron chi connectivity index (χ4n) is 4.21. The standard InChI is InChI=1S/C28H27FN4O2S/c1-20-7-10-23(27(34)33-15-13-32(14-16-33)19-22-5-3-2-4-6-22)18-25(20)35-28-30-26(31-36-28)17-21-8-11-24(29)12-9-21/h2-12,18H,13-17,19H2,1H3. The molecule has 1 saturated heterocycles. The maximum absolute atomic E-state index is 13.2. The number of aromatic nitrogens is 2. The molecule has 1 fully saturated rings. The Morgan fingerprint density at radius 1 is 0.972 bits per heavy atom. The first-order valence-electron chi connectivity index (χ1n) is 11.9. The van der Waals surface area contributed by atoms with Gasteiger partial charge in [0.05, 0.1) is 0 Å². The molecule has 0 radical (unpaired) electrons. The summed E-state index contributed by atoms with van der Waals surface area (Å²) in [5.74, 6) is 0.939. The van der Waals surface area contributed by atoms with E-state index in [9.17, 15) is 9.18 Å². The lowest BCUT2D eigenvalue weighted by atomic mass is 10.1.